The summed E-state index contributed by atoms with van der Waals surface area (Å²) in [6.07, 6.45) is 11.8. The zero-order chi connectivity index (χ0) is 17.6. The van der Waals surface area contributed by atoms with E-state index in [2.05, 4.69) is 45.2 Å². The average Bonchev–Trinajstić information content (AvgIpc) is 3.24. The molecule has 3 aromatic rings. The predicted molar refractivity (Wildman–Crippen MR) is 101 cm³/mol. The molecule has 3 heterocycles. The van der Waals surface area contributed by atoms with Gasteiger partial charge in [0.25, 0.3) is 0 Å². The number of likely N-dealkylation sites (tertiary alicyclic amines) is 1. The third kappa shape index (κ3) is 4.36. The highest BCUT2D eigenvalue weighted by Crippen LogP contribution is 2.18. The van der Waals surface area contributed by atoms with Gasteiger partial charge >= 0.3 is 0 Å². The van der Waals surface area contributed by atoms with Crippen LogP contribution in [0.25, 0.3) is 5.69 Å². The molecule has 0 N–H and O–H groups in total. The minimum absolute atomic E-state index is 0.357. The van der Waals surface area contributed by atoms with Crippen molar-refractivity contribution < 1.29 is 4.74 Å². The van der Waals surface area contributed by atoms with Crippen molar-refractivity contribution in [1.29, 1.82) is 0 Å². The Morgan fingerprint density at radius 1 is 0.962 bits per heavy atom. The molecule has 0 radical (unpaired) electrons. The fraction of sp³-hybridized carbons (Fsp3) is 0.333. The monoisotopic (exact) mass is 348 g/mol. The number of pyridine rings is 1. The van der Waals surface area contributed by atoms with Gasteiger partial charge in [0.15, 0.2) is 0 Å². The second kappa shape index (κ2) is 8.25. The molecule has 4 rings (SSSR count). The predicted octanol–water partition coefficient (Wildman–Crippen LogP) is 3.45. The third-order valence-electron chi connectivity index (χ3n) is 4.89. The minimum atomic E-state index is 0.357. The van der Waals surface area contributed by atoms with Crippen molar-refractivity contribution in [3.63, 3.8) is 0 Å². The molecule has 26 heavy (non-hydrogen) atoms. The van der Waals surface area contributed by atoms with Gasteiger partial charge in [0, 0.05) is 50.1 Å². The van der Waals surface area contributed by atoms with E-state index in [0.717, 1.165) is 43.7 Å². The van der Waals surface area contributed by atoms with Gasteiger partial charge in [-0.15, -0.1) is 0 Å². The smallest absolute Gasteiger partial charge is 0.0991 e. The van der Waals surface area contributed by atoms with E-state index in [4.69, 9.17) is 4.74 Å². The number of imidazole rings is 1. The van der Waals surface area contributed by atoms with Gasteiger partial charge in [-0.25, -0.2) is 4.98 Å². The molecule has 1 aromatic carbocycles. The summed E-state index contributed by atoms with van der Waals surface area (Å²) in [6.45, 7) is 3.83. The Morgan fingerprint density at radius 2 is 1.81 bits per heavy atom. The van der Waals surface area contributed by atoms with Crippen LogP contribution in [0.2, 0.25) is 0 Å². The first-order valence-corrected chi connectivity index (χ1v) is 9.17. The fourth-order valence-corrected chi connectivity index (χ4v) is 3.38. The summed E-state index contributed by atoms with van der Waals surface area (Å²) in [6, 6.07) is 12.7. The molecule has 0 unspecified atom stereocenters. The largest absolute Gasteiger partial charge is 0.373 e. The van der Waals surface area contributed by atoms with Crippen molar-refractivity contribution in [3.8, 4) is 5.69 Å². The molecule has 0 bridgehead atoms. The number of piperidine rings is 1. The molecule has 1 saturated heterocycles. The van der Waals surface area contributed by atoms with E-state index in [-0.39, 0.29) is 0 Å². The summed E-state index contributed by atoms with van der Waals surface area (Å²) in [7, 11) is 0. The summed E-state index contributed by atoms with van der Waals surface area (Å²) < 4.78 is 8.07. The van der Waals surface area contributed by atoms with Crippen LogP contribution in [-0.4, -0.2) is 38.6 Å². The normalized spacial score (nSPS) is 16.0. The van der Waals surface area contributed by atoms with E-state index in [1.54, 1.807) is 12.4 Å². The minimum Gasteiger partial charge on any atom is -0.373 e. The number of hydrogen-bond acceptors (Lipinski definition) is 4. The quantitative estimate of drug-likeness (QED) is 0.684. The van der Waals surface area contributed by atoms with Gasteiger partial charge in [0.05, 0.1) is 19.0 Å². The van der Waals surface area contributed by atoms with E-state index >= 15 is 0 Å². The Labute approximate surface area is 154 Å². The molecule has 1 aliphatic heterocycles. The van der Waals surface area contributed by atoms with Crippen molar-refractivity contribution in [1.82, 2.24) is 19.4 Å². The van der Waals surface area contributed by atoms with Crippen LogP contribution in [0.3, 0.4) is 0 Å². The van der Waals surface area contributed by atoms with Crippen LogP contribution in [0.4, 0.5) is 0 Å². The lowest BCUT2D eigenvalue weighted by Crippen LogP contribution is -2.36. The third-order valence-corrected chi connectivity index (χ3v) is 4.89. The molecule has 0 aliphatic carbocycles. The molecule has 0 spiro atoms. The van der Waals surface area contributed by atoms with Crippen LogP contribution in [-0.2, 0) is 17.9 Å². The molecule has 134 valence electrons. The molecule has 0 saturated carbocycles. The lowest BCUT2D eigenvalue weighted by atomic mass is 10.1. The second-order valence-electron chi connectivity index (χ2n) is 6.78. The zero-order valence-corrected chi connectivity index (χ0v) is 14.9. The molecule has 0 amide bonds. The molecule has 1 fully saturated rings. The first-order valence-electron chi connectivity index (χ1n) is 9.17. The first-order chi connectivity index (χ1) is 12.9. The van der Waals surface area contributed by atoms with E-state index in [1.165, 1.54) is 5.56 Å². The number of rotatable bonds is 6. The zero-order valence-electron chi connectivity index (χ0n) is 14.9. The van der Waals surface area contributed by atoms with Crippen LogP contribution in [0.5, 0.6) is 0 Å². The molecular formula is C21H24N4O. The maximum Gasteiger partial charge on any atom is 0.0991 e. The number of hydrogen-bond donors (Lipinski definition) is 0. The van der Waals surface area contributed by atoms with Crippen LogP contribution < -0.4 is 0 Å². The number of benzene rings is 1. The SMILES string of the molecule is c1cncc(COC2CCN(Cc3ccc(-n4ccnc4)cc3)CC2)c1. The van der Waals surface area contributed by atoms with Gasteiger partial charge in [0.2, 0.25) is 0 Å². The Bertz CT molecular complexity index is 779. The number of nitrogens with zero attached hydrogens (tertiary/aromatic N) is 4. The second-order valence-corrected chi connectivity index (χ2v) is 6.78. The van der Waals surface area contributed by atoms with Crippen molar-refractivity contribution in [2.24, 2.45) is 0 Å². The molecule has 0 atom stereocenters. The van der Waals surface area contributed by atoms with Crippen LogP contribution in [0, 0.1) is 0 Å². The summed E-state index contributed by atoms with van der Waals surface area (Å²) >= 11 is 0. The Kier molecular flexibility index (Phi) is 5.38. The Balaban J connectivity index is 1.23. The lowest BCUT2D eigenvalue weighted by molar-refractivity contribution is -0.00403. The molecule has 2 aromatic heterocycles. The van der Waals surface area contributed by atoms with Crippen molar-refractivity contribution in [2.45, 2.75) is 32.1 Å². The van der Waals surface area contributed by atoms with E-state index in [9.17, 15) is 0 Å². The maximum atomic E-state index is 6.05. The maximum absolute atomic E-state index is 6.05. The lowest BCUT2D eigenvalue weighted by Gasteiger charge is -2.32. The van der Waals surface area contributed by atoms with E-state index < -0.39 is 0 Å². The van der Waals surface area contributed by atoms with Gasteiger partial charge in [-0.3, -0.25) is 9.88 Å². The molecule has 1 aliphatic rings. The molecule has 5 nitrogen and oxygen atoms in total. The highest BCUT2D eigenvalue weighted by atomic mass is 16.5. The van der Waals surface area contributed by atoms with Crippen molar-refractivity contribution in [2.75, 3.05) is 13.1 Å². The summed E-state index contributed by atoms with van der Waals surface area (Å²) in [5.74, 6) is 0. The number of aromatic nitrogens is 3. The van der Waals surface area contributed by atoms with Gasteiger partial charge < -0.3 is 9.30 Å². The van der Waals surface area contributed by atoms with Crippen LogP contribution in [0.1, 0.15) is 24.0 Å². The standard InChI is InChI=1S/C21H24N4O/c1-2-19(14-22-9-1)16-26-21-7-11-24(12-8-21)15-18-3-5-20(6-4-18)25-13-10-23-17-25/h1-6,9-10,13-14,17,21H,7-8,11-12,15-16H2. The summed E-state index contributed by atoms with van der Waals surface area (Å²) in [5.41, 5.74) is 3.64. The van der Waals surface area contributed by atoms with E-state index in [0.29, 0.717) is 12.7 Å². The summed E-state index contributed by atoms with van der Waals surface area (Å²) in [4.78, 5) is 10.7. The highest BCUT2D eigenvalue weighted by Gasteiger charge is 2.19. The highest BCUT2D eigenvalue weighted by molar-refractivity contribution is 5.34. The topological polar surface area (TPSA) is 43.2 Å². The molecular weight excluding hydrogens is 324 g/mol. The van der Waals surface area contributed by atoms with Gasteiger partial charge in [-0.1, -0.05) is 18.2 Å². The Morgan fingerprint density at radius 3 is 2.50 bits per heavy atom. The Hall–Kier alpha value is -2.50. The van der Waals surface area contributed by atoms with Crippen LogP contribution in [0.15, 0.2) is 67.5 Å². The van der Waals surface area contributed by atoms with Crippen molar-refractivity contribution >= 4 is 0 Å². The van der Waals surface area contributed by atoms with E-state index in [1.807, 2.05) is 29.4 Å². The van der Waals surface area contributed by atoms with Crippen molar-refractivity contribution in [3.05, 3.63) is 78.6 Å². The van der Waals surface area contributed by atoms with Gasteiger partial charge in [-0.05, 0) is 42.2 Å². The van der Waals surface area contributed by atoms with Gasteiger partial charge in [-0.2, -0.15) is 0 Å². The van der Waals surface area contributed by atoms with Gasteiger partial charge in [0.1, 0.15) is 0 Å². The summed E-state index contributed by atoms with van der Waals surface area (Å²) in [5, 5.41) is 0. The number of ether oxygens (including phenoxy) is 1. The molecule has 5 heteroatoms. The fourth-order valence-electron chi connectivity index (χ4n) is 3.38. The van der Waals surface area contributed by atoms with Crippen LogP contribution >= 0.6 is 0 Å². The first kappa shape index (κ1) is 16.9. The average molecular weight is 348 g/mol.